The van der Waals surface area contributed by atoms with E-state index in [1.165, 1.54) is 0 Å². The first-order valence-corrected chi connectivity index (χ1v) is 7.10. The predicted octanol–water partition coefficient (Wildman–Crippen LogP) is 0.0117. The lowest BCUT2D eigenvalue weighted by Crippen LogP contribution is -2.50. The molecule has 104 valence electrons. The summed E-state index contributed by atoms with van der Waals surface area (Å²) in [6.07, 6.45) is 4.17. The average Bonchev–Trinajstić information content (AvgIpc) is 2.56. The van der Waals surface area contributed by atoms with E-state index in [-0.39, 0.29) is 11.9 Å². The molecule has 0 aromatic rings. The molecule has 3 N–H and O–H groups in total. The van der Waals surface area contributed by atoms with E-state index in [1.54, 1.807) is 0 Å². The first kappa shape index (κ1) is 13.8. The summed E-state index contributed by atoms with van der Waals surface area (Å²) in [5, 5.41) is 9.86. The van der Waals surface area contributed by atoms with Crippen molar-refractivity contribution in [1.29, 1.82) is 0 Å². The zero-order chi connectivity index (χ0) is 12.8. The Kier molecular flexibility index (Phi) is 5.41. The number of morpholine rings is 1. The molecule has 5 heteroatoms. The van der Waals surface area contributed by atoms with Crippen LogP contribution >= 0.6 is 0 Å². The maximum atomic E-state index is 11.8. The Morgan fingerprint density at radius 1 is 1.44 bits per heavy atom. The van der Waals surface area contributed by atoms with Gasteiger partial charge in [0.05, 0.1) is 19.3 Å². The number of carbonyl (C=O) groups is 1. The molecule has 3 atom stereocenters. The van der Waals surface area contributed by atoms with Crippen LogP contribution in [-0.4, -0.2) is 50.3 Å². The molecule has 0 aromatic heterocycles. The number of rotatable bonds is 4. The molecular formula is C13H25N3O2. The van der Waals surface area contributed by atoms with E-state index >= 15 is 0 Å². The van der Waals surface area contributed by atoms with E-state index < -0.39 is 0 Å². The zero-order valence-electron chi connectivity index (χ0n) is 11.2. The lowest BCUT2D eigenvalue weighted by molar-refractivity contribution is -0.123. The average molecular weight is 255 g/mol. The van der Waals surface area contributed by atoms with Crippen molar-refractivity contribution in [2.75, 3.05) is 26.3 Å². The summed E-state index contributed by atoms with van der Waals surface area (Å²) in [4.78, 5) is 11.8. The van der Waals surface area contributed by atoms with Crippen LogP contribution in [0.1, 0.15) is 32.6 Å². The Morgan fingerprint density at radius 3 is 3.11 bits per heavy atom. The van der Waals surface area contributed by atoms with Gasteiger partial charge in [0.25, 0.3) is 0 Å². The van der Waals surface area contributed by atoms with Gasteiger partial charge in [-0.05, 0) is 32.6 Å². The molecule has 2 aliphatic rings. The third kappa shape index (κ3) is 4.23. The van der Waals surface area contributed by atoms with Crippen molar-refractivity contribution in [3.63, 3.8) is 0 Å². The van der Waals surface area contributed by atoms with Crippen LogP contribution < -0.4 is 16.0 Å². The number of hydrogen-bond acceptors (Lipinski definition) is 4. The monoisotopic (exact) mass is 255 g/mol. The van der Waals surface area contributed by atoms with Crippen LogP contribution in [0, 0.1) is 0 Å². The fourth-order valence-electron chi connectivity index (χ4n) is 2.71. The van der Waals surface area contributed by atoms with E-state index in [2.05, 4.69) is 22.9 Å². The van der Waals surface area contributed by atoms with Gasteiger partial charge in [0, 0.05) is 25.2 Å². The molecule has 18 heavy (non-hydrogen) atoms. The van der Waals surface area contributed by atoms with Crippen LogP contribution in [0.25, 0.3) is 0 Å². The minimum Gasteiger partial charge on any atom is -0.379 e. The van der Waals surface area contributed by atoms with Gasteiger partial charge in [-0.15, -0.1) is 0 Å². The maximum absolute atomic E-state index is 11.8. The molecule has 0 radical (unpaired) electrons. The fraction of sp³-hybridized carbons (Fsp3) is 0.923. The Morgan fingerprint density at radius 2 is 2.33 bits per heavy atom. The first-order chi connectivity index (χ1) is 8.75. The summed E-state index contributed by atoms with van der Waals surface area (Å²) < 4.78 is 5.44. The van der Waals surface area contributed by atoms with E-state index in [9.17, 15) is 4.79 Å². The van der Waals surface area contributed by atoms with Gasteiger partial charge in [0.1, 0.15) is 0 Å². The van der Waals surface area contributed by atoms with Crippen LogP contribution in [0.3, 0.4) is 0 Å². The molecule has 0 saturated carbocycles. The summed E-state index contributed by atoms with van der Waals surface area (Å²) in [6.45, 7) is 5.49. The molecule has 3 unspecified atom stereocenters. The highest BCUT2D eigenvalue weighted by molar-refractivity contribution is 5.81. The van der Waals surface area contributed by atoms with Crippen molar-refractivity contribution in [2.45, 2.75) is 50.7 Å². The highest BCUT2D eigenvalue weighted by atomic mass is 16.5. The van der Waals surface area contributed by atoms with Gasteiger partial charge in [-0.25, -0.2) is 0 Å². The van der Waals surface area contributed by atoms with Gasteiger partial charge < -0.3 is 20.7 Å². The molecule has 0 aliphatic carbocycles. The molecule has 5 nitrogen and oxygen atoms in total. The number of amides is 1. The standard InChI is InChI=1S/C13H25N3O2/c1-10(8-11-9-18-7-6-14-11)16-12-4-2-3-5-15-13(12)17/h10-12,14,16H,2-9H2,1H3,(H,15,17). The largest absolute Gasteiger partial charge is 0.379 e. The topological polar surface area (TPSA) is 62.4 Å². The first-order valence-electron chi connectivity index (χ1n) is 7.10. The third-order valence-corrected chi connectivity index (χ3v) is 3.66. The van der Waals surface area contributed by atoms with Crippen molar-refractivity contribution in [1.82, 2.24) is 16.0 Å². The summed E-state index contributed by atoms with van der Waals surface area (Å²) in [5.74, 6) is 0.159. The Balaban J connectivity index is 1.74. The van der Waals surface area contributed by atoms with Crippen LogP contribution in [0.2, 0.25) is 0 Å². The van der Waals surface area contributed by atoms with Gasteiger partial charge in [-0.3, -0.25) is 4.79 Å². The molecule has 2 aliphatic heterocycles. The predicted molar refractivity (Wildman–Crippen MR) is 70.5 cm³/mol. The molecule has 0 bridgehead atoms. The summed E-state index contributed by atoms with van der Waals surface area (Å²) in [5.41, 5.74) is 0. The quantitative estimate of drug-likeness (QED) is 0.662. The summed E-state index contributed by atoms with van der Waals surface area (Å²) in [7, 11) is 0. The van der Waals surface area contributed by atoms with Crippen LogP contribution in [0.5, 0.6) is 0 Å². The molecule has 1 amide bonds. The molecule has 2 rings (SSSR count). The van der Waals surface area contributed by atoms with Crippen molar-refractivity contribution < 1.29 is 9.53 Å². The Hall–Kier alpha value is -0.650. The lowest BCUT2D eigenvalue weighted by atomic mass is 10.1. The van der Waals surface area contributed by atoms with Gasteiger partial charge in [0.15, 0.2) is 0 Å². The summed E-state index contributed by atoms with van der Waals surface area (Å²) in [6, 6.07) is 0.722. The smallest absolute Gasteiger partial charge is 0.237 e. The van der Waals surface area contributed by atoms with Crippen LogP contribution in [0.4, 0.5) is 0 Å². The van der Waals surface area contributed by atoms with Crippen LogP contribution in [-0.2, 0) is 9.53 Å². The highest BCUT2D eigenvalue weighted by Gasteiger charge is 2.23. The molecule has 2 fully saturated rings. The van der Waals surface area contributed by atoms with Crippen molar-refractivity contribution in [3.05, 3.63) is 0 Å². The van der Waals surface area contributed by atoms with Crippen molar-refractivity contribution in [3.8, 4) is 0 Å². The lowest BCUT2D eigenvalue weighted by Gasteiger charge is -2.28. The molecule has 2 saturated heterocycles. The number of carbonyl (C=O) groups excluding carboxylic acids is 1. The van der Waals surface area contributed by atoms with Crippen molar-refractivity contribution >= 4 is 5.91 Å². The minimum absolute atomic E-state index is 0.0213. The normalized spacial score (nSPS) is 31.5. The van der Waals surface area contributed by atoms with E-state index in [0.29, 0.717) is 12.1 Å². The molecule has 2 heterocycles. The zero-order valence-corrected chi connectivity index (χ0v) is 11.2. The fourth-order valence-corrected chi connectivity index (χ4v) is 2.71. The van der Waals surface area contributed by atoms with Crippen LogP contribution in [0.15, 0.2) is 0 Å². The minimum atomic E-state index is -0.0213. The van der Waals surface area contributed by atoms with Gasteiger partial charge >= 0.3 is 0 Å². The van der Waals surface area contributed by atoms with Crippen molar-refractivity contribution in [2.24, 2.45) is 0 Å². The molecule has 0 aromatic carbocycles. The SMILES string of the molecule is CC(CC1COCCN1)NC1CCCCNC1=O. The van der Waals surface area contributed by atoms with Gasteiger partial charge in [0.2, 0.25) is 5.91 Å². The van der Waals surface area contributed by atoms with E-state index in [4.69, 9.17) is 4.74 Å². The second-order valence-corrected chi connectivity index (χ2v) is 5.37. The van der Waals surface area contributed by atoms with Gasteiger partial charge in [-0.1, -0.05) is 0 Å². The Bertz CT molecular complexity index is 267. The van der Waals surface area contributed by atoms with E-state index in [1.807, 2.05) is 0 Å². The molecule has 0 spiro atoms. The molecular weight excluding hydrogens is 230 g/mol. The number of hydrogen-bond donors (Lipinski definition) is 3. The number of nitrogens with one attached hydrogen (secondary N) is 3. The maximum Gasteiger partial charge on any atom is 0.237 e. The third-order valence-electron chi connectivity index (χ3n) is 3.66. The second-order valence-electron chi connectivity index (χ2n) is 5.37. The van der Waals surface area contributed by atoms with E-state index in [0.717, 1.165) is 52.0 Å². The summed E-state index contributed by atoms with van der Waals surface area (Å²) >= 11 is 0. The second kappa shape index (κ2) is 7.07. The van der Waals surface area contributed by atoms with Gasteiger partial charge in [-0.2, -0.15) is 0 Å². The number of ether oxygens (including phenoxy) is 1. The highest BCUT2D eigenvalue weighted by Crippen LogP contribution is 2.09. The Labute approximate surface area is 109 Å².